The van der Waals surface area contributed by atoms with Crippen LogP contribution in [0.15, 0.2) is 12.2 Å². The molecule has 2 N–H and O–H groups in total. The second-order valence-electron chi connectivity index (χ2n) is 9.20. The van der Waals surface area contributed by atoms with Crippen LogP contribution in [0, 0.1) is 0 Å². The second-order valence-corrected chi connectivity index (χ2v) is 9.20. The van der Waals surface area contributed by atoms with E-state index in [-0.39, 0.29) is 19.3 Å². The lowest BCUT2D eigenvalue weighted by Gasteiger charge is -2.39. The molecule has 0 amide bonds. The SMILES string of the molecule is CC/C=C/CCCCCCC[N+](CCCCC(=O)[O-])(CCCCC(=O)O)CCCCC(=O)O. The summed E-state index contributed by atoms with van der Waals surface area (Å²) < 4.78 is 0.839. The third-order valence-corrected chi connectivity index (χ3v) is 6.22. The third kappa shape index (κ3) is 20.4. The van der Waals surface area contributed by atoms with Gasteiger partial charge in [-0.3, -0.25) is 9.59 Å². The van der Waals surface area contributed by atoms with Gasteiger partial charge in [-0.2, -0.15) is 0 Å². The van der Waals surface area contributed by atoms with Crippen molar-refractivity contribution in [3.8, 4) is 0 Å². The lowest BCUT2D eigenvalue weighted by atomic mass is 10.1. The standard InChI is InChI=1S/C26H47NO6/c1-2-3-4-5-6-7-8-9-13-20-27(21-14-10-17-24(28)29,22-15-11-18-25(30)31)23-16-12-19-26(32)33/h3-4H,2,5-23H2,1H3,(H2-,28,29,30,31,32,33)/b4-3+. The van der Waals surface area contributed by atoms with Crippen LogP contribution in [-0.4, -0.2) is 58.8 Å². The molecule has 0 unspecified atom stereocenters. The Morgan fingerprint density at radius 1 is 0.636 bits per heavy atom. The highest BCUT2D eigenvalue weighted by Crippen LogP contribution is 2.19. The van der Waals surface area contributed by atoms with E-state index in [0.29, 0.717) is 19.3 Å². The van der Waals surface area contributed by atoms with Crippen LogP contribution in [0.1, 0.15) is 110 Å². The molecule has 0 saturated carbocycles. The first kappa shape index (κ1) is 31.1. The van der Waals surface area contributed by atoms with Crippen LogP contribution in [0.5, 0.6) is 0 Å². The zero-order chi connectivity index (χ0) is 24.8. The summed E-state index contributed by atoms with van der Waals surface area (Å²) in [5.74, 6) is -2.58. The van der Waals surface area contributed by atoms with Gasteiger partial charge in [0.05, 0.1) is 26.2 Å². The maximum absolute atomic E-state index is 10.9. The van der Waals surface area contributed by atoms with E-state index in [2.05, 4.69) is 19.1 Å². The van der Waals surface area contributed by atoms with Crippen LogP contribution in [0.3, 0.4) is 0 Å². The Kier molecular flexibility index (Phi) is 19.5. The number of aliphatic carboxylic acids is 3. The molecule has 0 aromatic heterocycles. The van der Waals surface area contributed by atoms with Gasteiger partial charge in [0.15, 0.2) is 0 Å². The molecule has 0 aliphatic carbocycles. The largest absolute Gasteiger partial charge is 0.550 e. The van der Waals surface area contributed by atoms with E-state index in [1.54, 1.807) is 0 Å². The predicted molar refractivity (Wildman–Crippen MR) is 129 cm³/mol. The highest BCUT2D eigenvalue weighted by Gasteiger charge is 2.26. The zero-order valence-electron chi connectivity index (χ0n) is 20.8. The molecule has 0 aromatic carbocycles. The number of carbonyl (C=O) groups excluding carboxylic acids is 1. The monoisotopic (exact) mass is 469 g/mol. The first-order valence-electron chi connectivity index (χ1n) is 12.9. The molecule has 33 heavy (non-hydrogen) atoms. The van der Waals surface area contributed by atoms with Crippen LogP contribution in [0.2, 0.25) is 0 Å². The number of unbranched alkanes of at least 4 members (excludes halogenated alkanes) is 8. The number of hydrogen-bond donors (Lipinski definition) is 2. The lowest BCUT2D eigenvalue weighted by molar-refractivity contribution is -0.929. The molecule has 0 aromatic rings. The molecule has 0 aliphatic heterocycles. The minimum Gasteiger partial charge on any atom is -0.550 e. The summed E-state index contributed by atoms with van der Waals surface area (Å²) in [4.78, 5) is 32.6. The van der Waals surface area contributed by atoms with Gasteiger partial charge in [0.25, 0.3) is 0 Å². The number of quaternary nitrogens is 1. The van der Waals surface area contributed by atoms with Gasteiger partial charge >= 0.3 is 11.9 Å². The van der Waals surface area contributed by atoms with Gasteiger partial charge in [-0.1, -0.05) is 31.9 Å². The number of allylic oxidation sites excluding steroid dienone is 2. The van der Waals surface area contributed by atoms with Crippen molar-refractivity contribution in [1.82, 2.24) is 0 Å². The normalized spacial score (nSPS) is 11.8. The third-order valence-electron chi connectivity index (χ3n) is 6.22. The fourth-order valence-corrected chi connectivity index (χ4v) is 4.36. The summed E-state index contributed by atoms with van der Waals surface area (Å²) in [5, 5.41) is 28.7. The summed E-state index contributed by atoms with van der Waals surface area (Å²) in [6.07, 6.45) is 17.2. The highest BCUT2D eigenvalue weighted by molar-refractivity contribution is 5.66. The molecule has 192 valence electrons. The smallest absolute Gasteiger partial charge is 0.303 e. The quantitative estimate of drug-likeness (QED) is 0.122. The van der Waals surface area contributed by atoms with Crippen LogP contribution in [-0.2, 0) is 14.4 Å². The Hall–Kier alpha value is -1.89. The molecule has 0 bridgehead atoms. The summed E-state index contributed by atoms with van der Waals surface area (Å²) >= 11 is 0. The lowest BCUT2D eigenvalue weighted by Crippen LogP contribution is -2.51. The minimum atomic E-state index is -1.02. The fourth-order valence-electron chi connectivity index (χ4n) is 4.36. The Balaban J connectivity index is 4.81. The molecule has 7 heteroatoms. The Labute approximate surface area is 200 Å². The van der Waals surface area contributed by atoms with Crippen molar-refractivity contribution < 1.29 is 34.2 Å². The molecule has 0 heterocycles. The van der Waals surface area contributed by atoms with Gasteiger partial charge in [-0.25, -0.2) is 0 Å². The van der Waals surface area contributed by atoms with E-state index in [0.717, 1.165) is 75.6 Å². The van der Waals surface area contributed by atoms with Crippen molar-refractivity contribution >= 4 is 17.9 Å². The predicted octanol–water partition coefficient (Wildman–Crippen LogP) is 4.54. The number of carboxylic acid groups (broad SMARTS) is 3. The number of carboxylic acids is 3. The number of carbonyl (C=O) groups is 3. The van der Waals surface area contributed by atoms with Gasteiger partial charge in [0.2, 0.25) is 0 Å². The van der Waals surface area contributed by atoms with E-state index in [4.69, 9.17) is 10.2 Å². The van der Waals surface area contributed by atoms with Gasteiger partial charge in [0, 0.05) is 18.8 Å². The Bertz CT molecular complexity index is 506. The first-order valence-corrected chi connectivity index (χ1v) is 12.9. The molecular weight excluding hydrogens is 422 g/mol. The van der Waals surface area contributed by atoms with Crippen molar-refractivity contribution in [3.05, 3.63) is 12.2 Å². The molecule has 0 saturated heterocycles. The van der Waals surface area contributed by atoms with E-state index in [9.17, 15) is 19.5 Å². The number of rotatable bonds is 24. The molecule has 0 aliphatic rings. The molecule has 0 fully saturated rings. The van der Waals surface area contributed by atoms with Crippen LogP contribution in [0.4, 0.5) is 0 Å². The van der Waals surface area contributed by atoms with E-state index in [1.165, 1.54) is 19.3 Å². The van der Waals surface area contributed by atoms with Gasteiger partial charge in [0.1, 0.15) is 0 Å². The van der Waals surface area contributed by atoms with Gasteiger partial charge in [-0.15, -0.1) is 0 Å². The van der Waals surface area contributed by atoms with E-state index < -0.39 is 17.9 Å². The Morgan fingerprint density at radius 2 is 1.06 bits per heavy atom. The molecule has 0 rings (SSSR count). The topological polar surface area (TPSA) is 115 Å². The maximum atomic E-state index is 10.9. The summed E-state index contributed by atoms with van der Waals surface area (Å²) in [7, 11) is 0. The first-order chi connectivity index (χ1) is 15.8. The van der Waals surface area contributed by atoms with Crippen LogP contribution in [0.25, 0.3) is 0 Å². The molecule has 0 spiro atoms. The van der Waals surface area contributed by atoms with Crippen LogP contribution < -0.4 is 5.11 Å². The molecule has 0 atom stereocenters. The minimum absolute atomic E-state index is 0.0600. The van der Waals surface area contributed by atoms with Crippen molar-refractivity contribution in [2.75, 3.05) is 26.2 Å². The second kappa shape index (κ2) is 20.7. The van der Waals surface area contributed by atoms with Crippen molar-refractivity contribution in [3.63, 3.8) is 0 Å². The summed E-state index contributed by atoms with van der Waals surface area (Å²) in [6, 6.07) is 0. The van der Waals surface area contributed by atoms with Gasteiger partial charge in [-0.05, 0) is 77.0 Å². The molecular formula is C26H47NO6. The average molecular weight is 470 g/mol. The number of hydrogen-bond acceptors (Lipinski definition) is 4. The Morgan fingerprint density at radius 3 is 1.52 bits per heavy atom. The van der Waals surface area contributed by atoms with Crippen molar-refractivity contribution in [1.29, 1.82) is 0 Å². The molecule has 0 radical (unpaired) electrons. The van der Waals surface area contributed by atoms with Crippen molar-refractivity contribution in [2.24, 2.45) is 0 Å². The van der Waals surface area contributed by atoms with Crippen LogP contribution >= 0.6 is 0 Å². The highest BCUT2D eigenvalue weighted by atomic mass is 16.4. The van der Waals surface area contributed by atoms with Gasteiger partial charge < -0.3 is 24.6 Å². The fraction of sp³-hybridized carbons (Fsp3) is 0.808. The van der Waals surface area contributed by atoms with E-state index >= 15 is 0 Å². The summed E-state index contributed by atoms with van der Waals surface area (Å²) in [6.45, 7) is 5.72. The zero-order valence-corrected chi connectivity index (χ0v) is 20.8. The van der Waals surface area contributed by atoms with Crippen molar-refractivity contribution in [2.45, 2.75) is 110 Å². The maximum Gasteiger partial charge on any atom is 0.303 e. The van der Waals surface area contributed by atoms with E-state index in [1.807, 2.05) is 0 Å². The number of nitrogens with zero attached hydrogens (tertiary/aromatic N) is 1. The summed E-state index contributed by atoms with van der Waals surface area (Å²) in [5.41, 5.74) is 0. The molecule has 7 nitrogen and oxygen atoms in total. The average Bonchev–Trinajstić information content (AvgIpc) is 2.75.